The third-order valence-corrected chi connectivity index (χ3v) is 10.0. The first-order chi connectivity index (χ1) is 25.8. The van der Waals surface area contributed by atoms with Crippen molar-refractivity contribution in [3.63, 3.8) is 0 Å². The zero-order chi connectivity index (χ0) is 34.2. The van der Waals surface area contributed by atoms with Crippen LogP contribution in [0.2, 0.25) is 0 Å². The Morgan fingerprint density at radius 3 is 1.71 bits per heavy atom. The average molecular weight is 667 g/mol. The summed E-state index contributed by atoms with van der Waals surface area (Å²) in [5, 5.41) is 8.48. The summed E-state index contributed by atoms with van der Waals surface area (Å²) < 4.78 is 12.5. The summed E-state index contributed by atoms with van der Waals surface area (Å²) in [6.07, 6.45) is 3.72. The molecule has 6 heteroatoms. The molecule has 0 N–H and O–H groups in total. The Balaban J connectivity index is 1.17. The van der Waals surface area contributed by atoms with E-state index >= 15 is 0 Å². The molecule has 0 saturated carbocycles. The Hall–Kier alpha value is -7.18. The van der Waals surface area contributed by atoms with E-state index in [9.17, 15) is 0 Å². The number of rotatable bonds is 4. The highest BCUT2D eigenvalue weighted by Gasteiger charge is 2.21. The van der Waals surface area contributed by atoms with Crippen molar-refractivity contribution in [2.24, 2.45) is 0 Å². The zero-order valence-electron chi connectivity index (χ0n) is 27.6. The molecule has 11 rings (SSSR count). The molecule has 7 aromatic carbocycles. The Morgan fingerprint density at radius 2 is 0.923 bits per heavy atom. The van der Waals surface area contributed by atoms with Crippen LogP contribution < -0.4 is 0 Å². The highest BCUT2D eigenvalue weighted by atomic mass is 16.3. The number of hydrogen-bond acceptors (Lipinski definition) is 6. The minimum Gasteiger partial charge on any atom is -0.456 e. The van der Waals surface area contributed by atoms with Gasteiger partial charge in [0, 0.05) is 50.0 Å². The molecule has 0 unspecified atom stereocenters. The largest absolute Gasteiger partial charge is 0.456 e. The van der Waals surface area contributed by atoms with Crippen LogP contribution in [0.15, 0.2) is 167 Å². The van der Waals surface area contributed by atoms with Crippen LogP contribution in [0.25, 0.3) is 111 Å². The van der Waals surface area contributed by atoms with Gasteiger partial charge in [-0.2, -0.15) is 0 Å². The van der Waals surface area contributed by atoms with Gasteiger partial charge >= 0.3 is 0 Å². The van der Waals surface area contributed by atoms with Crippen molar-refractivity contribution >= 4 is 65.4 Å². The molecule has 11 aromatic rings. The first-order valence-corrected chi connectivity index (χ1v) is 17.2. The normalized spacial score (nSPS) is 11.8. The number of para-hydroxylation sites is 2. The van der Waals surface area contributed by atoms with E-state index in [4.69, 9.17) is 23.8 Å². The van der Waals surface area contributed by atoms with Gasteiger partial charge in [-0.15, -0.1) is 0 Å². The monoisotopic (exact) mass is 666 g/mol. The van der Waals surface area contributed by atoms with Crippen LogP contribution in [0.4, 0.5) is 0 Å². The molecule has 0 bridgehead atoms. The molecule has 0 saturated heterocycles. The third kappa shape index (κ3) is 4.38. The van der Waals surface area contributed by atoms with Gasteiger partial charge in [0.05, 0.1) is 6.20 Å². The molecule has 0 aliphatic heterocycles. The van der Waals surface area contributed by atoms with Gasteiger partial charge in [0.15, 0.2) is 23.1 Å². The van der Waals surface area contributed by atoms with Crippen molar-refractivity contribution in [3.8, 4) is 45.3 Å². The van der Waals surface area contributed by atoms with E-state index in [0.717, 1.165) is 93.2 Å². The highest BCUT2D eigenvalue weighted by molar-refractivity contribution is 6.16. The van der Waals surface area contributed by atoms with E-state index in [0.29, 0.717) is 17.5 Å². The van der Waals surface area contributed by atoms with Crippen molar-refractivity contribution < 1.29 is 8.83 Å². The number of pyridine rings is 1. The third-order valence-electron chi connectivity index (χ3n) is 10.0. The van der Waals surface area contributed by atoms with Crippen molar-refractivity contribution in [1.29, 1.82) is 0 Å². The van der Waals surface area contributed by atoms with Gasteiger partial charge in [-0.1, -0.05) is 115 Å². The first kappa shape index (κ1) is 28.6. The molecule has 0 amide bonds. The second kappa shape index (κ2) is 11.2. The Kier molecular flexibility index (Phi) is 6.15. The van der Waals surface area contributed by atoms with Crippen LogP contribution in [0.3, 0.4) is 0 Å². The number of aromatic nitrogens is 4. The Morgan fingerprint density at radius 1 is 0.346 bits per heavy atom. The molecule has 52 heavy (non-hydrogen) atoms. The molecule has 0 radical (unpaired) electrons. The quantitative estimate of drug-likeness (QED) is 0.186. The molecule has 4 aromatic heterocycles. The summed E-state index contributed by atoms with van der Waals surface area (Å²) >= 11 is 0. The maximum absolute atomic E-state index is 6.27. The highest BCUT2D eigenvalue weighted by Crippen LogP contribution is 2.42. The molecular weight excluding hydrogens is 641 g/mol. The maximum Gasteiger partial charge on any atom is 0.164 e. The van der Waals surface area contributed by atoms with Crippen LogP contribution in [0.1, 0.15) is 0 Å². The predicted molar refractivity (Wildman–Crippen MR) is 209 cm³/mol. The topological polar surface area (TPSA) is 77.8 Å². The molecule has 4 heterocycles. The fraction of sp³-hybridized carbons (Fsp3) is 0. The van der Waals surface area contributed by atoms with Gasteiger partial charge in [0.2, 0.25) is 0 Å². The van der Waals surface area contributed by atoms with Gasteiger partial charge in [0.1, 0.15) is 16.7 Å². The van der Waals surface area contributed by atoms with Gasteiger partial charge < -0.3 is 8.83 Å². The molecule has 0 atom stereocenters. The fourth-order valence-corrected chi connectivity index (χ4v) is 7.65. The number of hydrogen-bond donors (Lipinski definition) is 0. The lowest BCUT2D eigenvalue weighted by atomic mass is 9.93. The molecular formula is C46H26N4O2. The lowest BCUT2D eigenvalue weighted by Gasteiger charge is -2.14. The number of fused-ring (bicyclic) bond motifs is 8. The van der Waals surface area contributed by atoms with Gasteiger partial charge in [-0.05, 0) is 57.4 Å². The Labute approximate surface area is 296 Å². The van der Waals surface area contributed by atoms with Crippen LogP contribution >= 0.6 is 0 Å². The van der Waals surface area contributed by atoms with E-state index in [1.165, 1.54) is 0 Å². The summed E-state index contributed by atoms with van der Waals surface area (Å²) in [4.78, 5) is 20.2. The second-order valence-corrected chi connectivity index (χ2v) is 13.0. The van der Waals surface area contributed by atoms with Crippen LogP contribution in [0.5, 0.6) is 0 Å². The SMILES string of the molecule is c1ccc2cc(-c3nc(-c4ccc(-c5cncc6oc7ccccc7c56)c5ccccc45)nc(-c4cccc5oc6ccccc6c45)n3)ccc2c1. The van der Waals surface area contributed by atoms with Gasteiger partial charge in [-0.3, -0.25) is 4.98 Å². The smallest absolute Gasteiger partial charge is 0.164 e. The van der Waals surface area contributed by atoms with Crippen molar-refractivity contribution in [2.45, 2.75) is 0 Å². The van der Waals surface area contributed by atoms with Crippen LogP contribution in [0, 0.1) is 0 Å². The van der Waals surface area contributed by atoms with E-state index in [1.807, 2.05) is 54.7 Å². The lowest BCUT2D eigenvalue weighted by Crippen LogP contribution is -2.01. The number of furan rings is 2. The zero-order valence-corrected chi connectivity index (χ0v) is 27.6. The summed E-state index contributed by atoms with van der Waals surface area (Å²) in [6, 6.07) is 49.7. The standard InChI is InChI=1S/C46H26N4O2/c1-2-11-28-24-29(21-20-27(28)10-1)44-48-45(50-46(49-44)36-16-9-19-40-42(36)34-14-5-7-17-38(34)51-40)33-23-22-32(30-12-3-4-13-31(30)33)37-25-47-26-41-43(37)35-15-6-8-18-39(35)52-41/h1-26H. The average Bonchev–Trinajstić information content (AvgIpc) is 3.79. The summed E-state index contributed by atoms with van der Waals surface area (Å²) in [5.74, 6) is 1.77. The molecule has 242 valence electrons. The second-order valence-electron chi connectivity index (χ2n) is 13.0. The Bertz CT molecular complexity index is 3210. The van der Waals surface area contributed by atoms with Gasteiger partial charge in [-0.25, -0.2) is 15.0 Å². The summed E-state index contributed by atoms with van der Waals surface area (Å²) in [6.45, 7) is 0. The summed E-state index contributed by atoms with van der Waals surface area (Å²) in [5.41, 5.74) is 7.99. The number of nitrogens with zero attached hydrogens (tertiary/aromatic N) is 4. The fourth-order valence-electron chi connectivity index (χ4n) is 7.65. The van der Waals surface area contributed by atoms with E-state index in [2.05, 4.69) is 102 Å². The lowest BCUT2D eigenvalue weighted by molar-refractivity contribution is 0.667. The molecule has 0 fully saturated rings. The van der Waals surface area contributed by atoms with Crippen LogP contribution in [-0.2, 0) is 0 Å². The predicted octanol–water partition coefficient (Wildman–Crippen LogP) is 12.0. The van der Waals surface area contributed by atoms with Crippen LogP contribution in [-0.4, -0.2) is 19.9 Å². The molecule has 0 spiro atoms. The van der Waals surface area contributed by atoms with Crippen molar-refractivity contribution in [3.05, 3.63) is 158 Å². The molecule has 0 aliphatic rings. The first-order valence-electron chi connectivity index (χ1n) is 17.2. The molecule has 6 nitrogen and oxygen atoms in total. The molecule has 0 aliphatic carbocycles. The van der Waals surface area contributed by atoms with Crippen molar-refractivity contribution in [1.82, 2.24) is 19.9 Å². The van der Waals surface area contributed by atoms with Gasteiger partial charge in [0.25, 0.3) is 0 Å². The van der Waals surface area contributed by atoms with E-state index in [1.54, 1.807) is 6.20 Å². The van der Waals surface area contributed by atoms with Crippen molar-refractivity contribution in [2.75, 3.05) is 0 Å². The van der Waals surface area contributed by atoms with E-state index in [-0.39, 0.29) is 0 Å². The number of benzene rings is 7. The summed E-state index contributed by atoms with van der Waals surface area (Å²) in [7, 11) is 0. The minimum atomic E-state index is 0.581. The minimum absolute atomic E-state index is 0.581. The maximum atomic E-state index is 6.27. The van der Waals surface area contributed by atoms with E-state index < -0.39 is 0 Å².